The number of hydrogen-bond acceptors (Lipinski definition) is 4. The van der Waals surface area contributed by atoms with Crippen molar-refractivity contribution >= 4 is 45.0 Å². The van der Waals surface area contributed by atoms with Gasteiger partial charge in [0.05, 0.1) is 10.6 Å². The number of nitrogens with zero attached hydrogens (tertiary/aromatic N) is 1. The van der Waals surface area contributed by atoms with Gasteiger partial charge in [-0.05, 0) is 61.0 Å². The fourth-order valence-electron chi connectivity index (χ4n) is 2.99. The van der Waals surface area contributed by atoms with Crippen LogP contribution in [0.3, 0.4) is 0 Å². The van der Waals surface area contributed by atoms with Crippen LogP contribution in [0.25, 0.3) is 0 Å². The lowest BCUT2D eigenvalue weighted by Crippen LogP contribution is -2.27. The molecule has 1 N–H and O–H groups in total. The molecule has 5 nitrogen and oxygen atoms in total. The summed E-state index contributed by atoms with van der Waals surface area (Å²) in [7, 11) is -2.16. The molecule has 0 aliphatic heterocycles. The first kappa shape index (κ1) is 24.2. The van der Waals surface area contributed by atoms with E-state index in [0.29, 0.717) is 17.8 Å². The molecule has 0 atom stereocenters. The molecule has 0 heterocycles. The lowest BCUT2D eigenvalue weighted by atomic mass is 10.2. The molecular weight excluding hydrogens is 464 g/mol. The van der Waals surface area contributed by atoms with Gasteiger partial charge in [0.25, 0.3) is 15.9 Å². The van der Waals surface area contributed by atoms with Gasteiger partial charge in [-0.3, -0.25) is 9.10 Å². The lowest BCUT2D eigenvalue weighted by molar-refractivity contribution is 0.0956. The van der Waals surface area contributed by atoms with Gasteiger partial charge in [0, 0.05) is 35.7 Å². The second-order valence-electron chi connectivity index (χ2n) is 7.27. The number of sulfonamides is 1. The number of amides is 1. The Morgan fingerprint density at radius 2 is 1.72 bits per heavy atom. The molecule has 0 fully saturated rings. The maximum absolute atomic E-state index is 12.8. The van der Waals surface area contributed by atoms with Gasteiger partial charge >= 0.3 is 0 Å². The fourth-order valence-corrected chi connectivity index (χ4v) is 5.20. The van der Waals surface area contributed by atoms with Gasteiger partial charge in [0.15, 0.2) is 0 Å². The van der Waals surface area contributed by atoms with Gasteiger partial charge in [-0.15, -0.1) is 0 Å². The Hall–Kier alpha value is -2.48. The van der Waals surface area contributed by atoms with Crippen molar-refractivity contribution in [3.8, 4) is 0 Å². The number of thioether (sulfide) groups is 1. The molecule has 0 bridgehead atoms. The quantitative estimate of drug-likeness (QED) is 0.424. The number of nitrogens with one attached hydrogen (secondary N) is 1. The SMILES string of the molecule is Cc1ccc(S(=O)(=O)N(C)c2ccc(C(=O)NCCSCc3cccc(Cl)c3)cc2)cc1. The Kier molecular flexibility index (Phi) is 8.23. The zero-order valence-electron chi connectivity index (χ0n) is 17.9. The van der Waals surface area contributed by atoms with Crippen LogP contribution in [0.4, 0.5) is 5.69 Å². The highest BCUT2D eigenvalue weighted by molar-refractivity contribution is 7.98. The number of halogens is 1. The van der Waals surface area contributed by atoms with Crippen LogP contribution in [0.15, 0.2) is 77.7 Å². The van der Waals surface area contributed by atoms with Crippen molar-refractivity contribution in [2.24, 2.45) is 0 Å². The molecule has 0 aliphatic rings. The smallest absolute Gasteiger partial charge is 0.264 e. The molecule has 1 amide bonds. The molecule has 168 valence electrons. The van der Waals surface area contributed by atoms with E-state index in [4.69, 9.17) is 11.6 Å². The first-order valence-corrected chi connectivity index (χ1v) is 13.0. The average molecular weight is 489 g/mol. The zero-order valence-corrected chi connectivity index (χ0v) is 20.3. The van der Waals surface area contributed by atoms with Crippen LogP contribution in [0, 0.1) is 6.92 Å². The van der Waals surface area contributed by atoms with E-state index in [1.807, 2.05) is 31.2 Å². The lowest BCUT2D eigenvalue weighted by Gasteiger charge is -2.20. The van der Waals surface area contributed by atoms with Crippen LogP contribution in [0.1, 0.15) is 21.5 Å². The van der Waals surface area contributed by atoms with Gasteiger partial charge in [0.2, 0.25) is 0 Å². The summed E-state index contributed by atoms with van der Waals surface area (Å²) in [5.74, 6) is 1.41. The van der Waals surface area contributed by atoms with Crippen molar-refractivity contribution in [3.05, 3.63) is 94.5 Å². The molecule has 0 aliphatic carbocycles. The van der Waals surface area contributed by atoms with Crippen molar-refractivity contribution in [1.29, 1.82) is 0 Å². The van der Waals surface area contributed by atoms with Crippen LogP contribution < -0.4 is 9.62 Å². The highest BCUT2D eigenvalue weighted by atomic mass is 35.5. The van der Waals surface area contributed by atoms with Crippen LogP contribution >= 0.6 is 23.4 Å². The Morgan fingerprint density at radius 1 is 1.03 bits per heavy atom. The highest BCUT2D eigenvalue weighted by Crippen LogP contribution is 2.23. The molecule has 8 heteroatoms. The summed E-state index contributed by atoms with van der Waals surface area (Å²) in [6, 6.07) is 21.0. The number of anilines is 1. The van der Waals surface area contributed by atoms with Crippen molar-refractivity contribution in [1.82, 2.24) is 5.32 Å². The van der Waals surface area contributed by atoms with Crippen LogP contribution in [0.5, 0.6) is 0 Å². The summed E-state index contributed by atoms with van der Waals surface area (Å²) >= 11 is 7.70. The standard InChI is InChI=1S/C24H25ClN2O3S2/c1-18-6-12-23(13-7-18)32(29,30)27(2)22-10-8-20(9-11-22)24(28)26-14-15-31-17-19-4-3-5-21(25)16-19/h3-13,16H,14-15,17H2,1-2H3,(H,26,28). The van der Waals surface area contributed by atoms with Crippen LogP contribution in [-0.2, 0) is 15.8 Å². The molecule has 3 aromatic carbocycles. The molecule has 0 unspecified atom stereocenters. The van der Waals surface area contributed by atoms with Gasteiger partial charge in [-0.25, -0.2) is 8.42 Å². The van der Waals surface area contributed by atoms with Crippen molar-refractivity contribution in [3.63, 3.8) is 0 Å². The molecular formula is C24H25ClN2O3S2. The predicted octanol–water partition coefficient (Wildman–Crippen LogP) is 5.14. The van der Waals surface area contributed by atoms with Gasteiger partial charge in [-0.2, -0.15) is 11.8 Å². The number of benzene rings is 3. The van der Waals surface area contributed by atoms with E-state index in [2.05, 4.69) is 5.32 Å². The van der Waals surface area contributed by atoms with E-state index < -0.39 is 10.0 Å². The first-order valence-electron chi connectivity index (χ1n) is 10.0. The molecule has 0 saturated heterocycles. The molecule has 3 rings (SSSR count). The van der Waals surface area contributed by atoms with Gasteiger partial charge < -0.3 is 5.32 Å². The van der Waals surface area contributed by atoms with Crippen molar-refractivity contribution in [2.45, 2.75) is 17.6 Å². The first-order chi connectivity index (χ1) is 15.3. The second kappa shape index (κ2) is 10.9. The third kappa shape index (κ3) is 6.28. The third-order valence-electron chi connectivity index (χ3n) is 4.86. The Balaban J connectivity index is 1.52. The molecule has 0 spiro atoms. The third-order valence-corrected chi connectivity index (χ3v) is 7.93. The molecule has 0 aromatic heterocycles. The normalized spacial score (nSPS) is 11.2. The number of carbonyl (C=O) groups excluding carboxylic acids is 1. The van der Waals surface area contributed by atoms with Gasteiger partial charge in [-0.1, -0.05) is 41.4 Å². The highest BCUT2D eigenvalue weighted by Gasteiger charge is 2.21. The van der Waals surface area contributed by atoms with Crippen molar-refractivity contribution < 1.29 is 13.2 Å². The van der Waals surface area contributed by atoms with Crippen LogP contribution in [0.2, 0.25) is 5.02 Å². The maximum atomic E-state index is 12.8. The minimum atomic E-state index is -3.67. The molecule has 0 saturated carbocycles. The fraction of sp³-hybridized carbons (Fsp3) is 0.208. The van der Waals surface area contributed by atoms with E-state index in [9.17, 15) is 13.2 Å². The predicted molar refractivity (Wildman–Crippen MR) is 133 cm³/mol. The summed E-state index contributed by atoms with van der Waals surface area (Å²) < 4.78 is 26.9. The number of rotatable bonds is 9. The molecule has 3 aromatic rings. The molecule has 32 heavy (non-hydrogen) atoms. The van der Waals surface area contributed by atoms with E-state index in [-0.39, 0.29) is 10.8 Å². The van der Waals surface area contributed by atoms with Gasteiger partial charge in [0.1, 0.15) is 0 Å². The summed E-state index contributed by atoms with van der Waals surface area (Å²) in [6.07, 6.45) is 0. The molecule has 0 radical (unpaired) electrons. The minimum Gasteiger partial charge on any atom is -0.351 e. The van der Waals surface area contributed by atoms with E-state index >= 15 is 0 Å². The second-order valence-corrected chi connectivity index (χ2v) is 10.8. The Labute approximate surface area is 198 Å². The van der Waals surface area contributed by atoms with E-state index in [0.717, 1.165) is 27.7 Å². The van der Waals surface area contributed by atoms with E-state index in [1.165, 1.54) is 11.4 Å². The number of hydrogen-bond donors (Lipinski definition) is 1. The summed E-state index contributed by atoms with van der Waals surface area (Å²) in [4.78, 5) is 12.6. The monoisotopic (exact) mass is 488 g/mol. The Morgan fingerprint density at radius 3 is 2.38 bits per heavy atom. The summed E-state index contributed by atoms with van der Waals surface area (Å²) in [5.41, 5.74) is 3.10. The number of carbonyl (C=O) groups is 1. The maximum Gasteiger partial charge on any atom is 0.264 e. The zero-order chi connectivity index (χ0) is 23.1. The number of aryl methyl sites for hydroxylation is 1. The van der Waals surface area contributed by atoms with E-state index in [1.54, 1.807) is 60.3 Å². The minimum absolute atomic E-state index is 0.191. The topological polar surface area (TPSA) is 66.5 Å². The summed E-state index contributed by atoms with van der Waals surface area (Å²) in [6.45, 7) is 2.44. The van der Waals surface area contributed by atoms with Crippen LogP contribution in [-0.4, -0.2) is 33.7 Å². The van der Waals surface area contributed by atoms with Crippen molar-refractivity contribution in [2.75, 3.05) is 23.7 Å². The average Bonchev–Trinajstić information content (AvgIpc) is 2.78. The summed E-state index contributed by atoms with van der Waals surface area (Å²) in [5, 5.41) is 3.61. The Bertz CT molecular complexity index is 1160. The largest absolute Gasteiger partial charge is 0.351 e.